The number of aromatic nitrogens is 3. The Morgan fingerprint density at radius 1 is 0.946 bits per heavy atom. The van der Waals surface area contributed by atoms with E-state index in [2.05, 4.69) is 54.0 Å². The molecule has 6 rings (SSSR count). The lowest BCUT2D eigenvalue weighted by Gasteiger charge is -2.50. The highest BCUT2D eigenvalue weighted by molar-refractivity contribution is 7.90. The maximum Gasteiger partial charge on any atom is 0.175 e. The van der Waals surface area contributed by atoms with Crippen molar-refractivity contribution < 1.29 is 8.42 Å². The first-order valence-corrected chi connectivity index (χ1v) is 14.7. The van der Waals surface area contributed by atoms with Crippen LogP contribution in [0, 0.1) is 5.41 Å². The van der Waals surface area contributed by atoms with Crippen molar-refractivity contribution >= 4 is 26.6 Å². The molecular formula is C29H33N5O2S. The average molecular weight is 516 g/mol. The standard InChI is InChI=1S/C29H33N5O2S/c1-20(2)34-18-29(19-34)13-14-33(17-29)23-9-5-21(6-10-23)25-15-27-26(16-30-25)31-28(32(27)3)22-7-11-24(12-8-22)37(4,35)36/h5-12,15-16,20H,13-14,17-19H2,1-4H3. The van der Waals surface area contributed by atoms with E-state index in [1.807, 2.05) is 17.8 Å². The number of benzene rings is 2. The Hall–Kier alpha value is -3.23. The first-order valence-electron chi connectivity index (χ1n) is 12.8. The third-order valence-corrected chi connectivity index (χ3v) is 9.21. The lowest BCUT2D eigenvalue weighted by atomic mass is 9.78. The highest BCUT2D eigenvalue weighted by Crippen LogP contribution is 2.42. The summed E-state index contributed by atoms with van der Waals surface area (Å²) in [6.07, 6.45) is 4.30. The number of aryl methyl sites for hydroxylation is 1. The van der Waals surface area contributed by atoms with Gasteiger partial charge in [0.1, 0.15) is 11.3 Å². The van der Waals surface area contributed by atoms with Crippen molar-refractivity contribution in [2.24, 2.45) is 12.5 Å². The lowest BCUT2D eigenvalue weighted by Crippen LogP contribution is -2.59. The normalized spacial score (nSPS) is 17.7. The quantitative estimate of drug-likeness (QED) is 0.386. The summed E-state index contributed by atoms with van der Waals surface area (Å²) >= 11 is 0. The van der Waals surface area contributed by atoms with E-state index in [4.69, 9.17) is 9.97 Å². The first-order chi connectivity index (χ1) is 17.6. The predicted octanol–water partition coefficient (Wildman–Crippen LogP) is 4.63. The number of pyridine rings is 1. The highest BCUT2D eigenvalue weighted by Gasteiger charge is 2.48. The zero-order valence-corrected chi connectivity index (χ0v) is 22.7. The molecule has 2 aliphatic heterocycles. The average Bonchev–Trinajstić information content (AvgIpc) is 3.45. The van der Waals surface area contributed by atoms with Crippen LogP contribution in [0.5, 0.6) is 0 Å². The van der Waals surface area contributed by atoms with Crippen LogP contribution >= 0.6 is 0 Å². The molecule has 37 heavy (non-hydrogen) atoms. The third kappa shape index (κ3) is 4.32. The second kappa shape index (κ2) is 8.67. The number of sulfone groups is 1. The molecule has 0 unspecified atom stereocenters. The van der Waals surface area contributed by atoms with Crippen LogP contribution in [0.15, 0.2) is 65.7 Å². The Labute approximate surface area is 218 Å². The molecule has 2 fully saturated rings. The molecule has 4 aromatic rings. The van der Waals surface area contributed by atoms with E-state index in [1.54, 1.807) is 24.3 Å². The molecule has 0 bridgehead atoms. The fraction of sp³-hybridized carbons (Fsp3) is 0.379. The summed E-state index contributed by atoms with van der Waals surface area (Å²) in [5, 5.41) is 0. The molecule has 1 spiro atoms. The van der Waals surface area contributed by atoms with Crippen molar-refractivity contribution in [2.45, 2.75) is 31.2 Å². The van der Waals surface area contributed by atoms with Gasteiger partial charge in [0.15, 0.2) is 9.84 Å². The van der Waals surface area contributed by atoms with Crippen molar-refractivity contribution in [2.75, 3.05) is 37.3 Å². The molecule has 2 aromatic carbocycles. The van der Waals surface area contributed by atoms with Crippen LogP contribution < -0.4 is 4.90 Å². The highest BCUT2D eigenvalue weighted by atomic mass is 32.2. The van der Waals surface area contributed by atoms with Crippen LogP contribution in [0.25, 0.3) is 33.7 Å². The second-order valence-corrected chi connectivity index (χ2v) is 13.1. The maximum absolute atomic E-state index is 11.8. The smallest absolute Gasteiger partial charge is 0.175 e. The summed E-state index contributed by atoms with van der Waals surface area (Å²) in [4.78, 5) is 14.9. The van der Waals surface area contributed by atoms with Crippen molar-refractivity contribution in [1.29, 1.82) is 0 Å². The van der Waals surface area contributed by atoms with Gasteiger partial charge in [-0.25, -0.2) is 13.4 Å². The summed E-state index contributed by atoms with van der Waals surface area (Å²) < 4.78 is 25.6. The van der Waals surface area contributed by atoms with Gasteiger partial charge in [-0.05, 0) is 62.7 Å². The van der Waals surface area contributed by atoms with Crippen LogP contribution in [-0.2, 0) is 16.9 Å². The SMILES string of the molecule is CC(C)N1CC2(CCN(c3ccc(-c4cc5c(cn4)nc(-c4ccc(S(C)(=O)=O)cc4)n5C)cc3)C2)C1. The van der Waals surface area contributed by atoms with E-state index in [9.17, 15) is 8.42 Å². The molecule has 0 aliphatic carbocycles. The largest absolute Gasteiger partial charge is 0.371 e. The molecular weight excluding hydrogens is 482 g/mol. The van der Waals surface area contributed by atoms with E-state index < -0.39 is 9.84 Å². The van der Waals surface area contributed by atoms with Crippen molar-refractivity contribution in [3.05, 3.63) is 60.8 Å². The topological polar surface area (TPSA) is 71.3 Å². The number of anilines is 1. The van der Waals surface area contributed by atoms with Crippen LogP contribution in [0.4, 0.5) is 5.69 Å². The molecule has 4 heterocycles. The predicted molar refractivity (Wildman–Crippen MR) is 148 cm³/mol. The van der Waals surface area contributed by atoms with E-state index in [1.165, 1.54) is 31.5 Å². The molecule has 2 aromatic heterocycles. The number of hydrogen-bond donors (Lipinski definition) is 0. The van der Waals surface area contributed by atoms with Crippen LogP contribution in [0.1, 0.15) is 20.3 Å². The second-order valence-electron chi connectivity index (χ2n) is 11.1. The van der Waals surface area contributed by atoms with Gasteiger partial charge in [0.25, 0.3) is 0 Å². The van der Waals surface area contributed by atoms with E-state index >= 15 is 0 Å². The molecule has 8 heteroatoms. The summed E-state index contributed by atoms with van der Waals surface area (Å²) in [6.45, 7) is 9.28. The molecule has 0 radical (unpaired) electrons. The number of rotatable bonds is 5. The van der Waals surface area contributed by atoms with Crippen molar-refractivity contribution in [3.63, 3.8) is 0 Å². The van der Waals surface area contributed by atoms with Gasteiger partial charge in [0.2, 0.25) is 0 Å². The molecule has 0 N–H and O–H groups in total. The Morgan fingerprint density at radius 3 is 2.27 bits per heavy atom. The lowest BCUT2D eigenvalue weighted by molar-refractivity contribution is -0.00561. The molecule has 0 amide bonds. The molecule has 7 nitrogen and oxygen atoms in total. The van der Waals surface area contributed by atoms with Gasteiger partial charge in [-0.3, -0.25) is 9.88 Å². The number of likely N-dealkylation sites (tertiary alicyclic amines) is 1. The van der Waals surface area contributed by atoms with Gasteiger partial charge < -0.3 is 9.47 Å². The van der Waals surface area contributed by atoms with E-state index in [0.29, 0.717) is 16.4 Å². The molecule has 0 saturated carbocycles. The number of fused-ring (bicyclic) bond motifs is 1. The maximum atomic E-state index is 11.8. The number of imidazole rings is 1. The monoisotopic (exact) mass is 515 g/mol. The van der Waals surface area contributed by atoms with Crippen LogP contribution in [0.2, 0.25) is 0 Å². The van der Waals surface area contributed by atoms with Gasteiger partial charge in [-0.2, -0.15) is 0 Å². The van der Waals surface area contributed by atoms with Crippen LogP contribution in [-0.4, -0.2) is 66.3 Å². The number of hydrogen-bond acceptors (Lipinski definition) is 6. The van der Waals surface area contributed by atoms with Gasteiger partial charge in [0.05, 0.1) is 22.3 Å². The minimum atomic E-state index is -3.23. The fourth-order valence-corrected chi connectivity index (χ4v) is 6.43. The Balaban J connectivity index is 1.22. The van der Waals surface area contributed by atoms with E-state index in [0.717, 1.165) is 46.8 Å². The molecule has 0 atom stereocenters. The Morgan fingerprint density at radius 2 is 1.62 bits per heavy atom. The van der Waals surface area contributed by atoms with Gasteiger partial charge in [-0.15, -0.1) is 0 Å². The Kier molecular flexibility index (Phi) is 5.65. The number of nitrogens with zero attached hydrogens (tertiary/aromatic N) is 5. The zero-order valence-electron chi connectivity index (χ0n) is 21.8. The molecule has 192 valence electrons. The van der Waals surface area contributed by atoms with Gasteiger partial charge in [0, 0.05) is 67.8 Å². The zero-order chi connectivity index (χ0) is 25.9. The van der Waals surface area contributed by atoms with Crippen molar-refractivity contribution in [1.82, 2.24) is 19.4 Å². The third-order valence-electron chi connectivity index (χ3n) is 8.08. The molecule has 2 saturated heterocycles. The summed E-state index contributed by atoms with van der Waals surface area (Å²) in [5.41, 5.74) is 6.40. The van der Waals surface area contributed by atoms with Crippen LogP contribution in [0.3, 0.4) is 0 Å². The van der Waals surface area contributed by atoms with E-state index in [-0.39, 0.29) is 0 Å². The minimum Gasteiger partial charge on any atom is -0.371 e. The molecule has 2 aliphatic rings. The summed E-state index contributed by atoms with van der Waals surface area (Å²) in [7, 11) is -1.26. The minimum absolute atomic E-state index is 0.303. The van der Waals surface area contributed by atoms with Crippen molar-refractivity contribution in [3.8, 4) is 22.6 Å². The fourth-order valence-electron chi connectivity index (χ4n) is 5.80. The summed E-state index contributed by atoms with van der Waals surface area (Å²) in [6, 6.07) is 18.3. The first kappa shape index (κ1) is 24.1. The van der Waals surface area contributed by atoms with Gasteiger partial charge >= 0.3 is 0 Å². The van der Waals surface area contributed by atoms with Gasteiger partial charge in [-0.1, -0.05) is 12.1 Å². The Bertz CT molecular complexity index is 1570. The summed E-state index contributed by atoms with van der Waals surface area (Å²) in [5.74, 6) is 0.777.